The Morgan fingerprint density at radius 1 is 1.04 bits per heavy atom. The first-order valence-corrected chi connectivity index (χ1v) is 7.29. The molecule has 0 radical (unpaired) electrons. The van der Waals surface area contributed by atoms with E-state index >= 15 is 0 Å². The lowest BCUT2D eigenvalue weighted by Crippen LogP contribution is -2.21. The molecule has 110 valence electrons. The van der Waals surface area contributed by atoms with Crippen LogP contribution in [0.15, 0.2) is 72.4 Å². The van der Waals surface area contributed by atoms with Crippen LogP contribution >= 0.6 is 0 Å². The minimum atomic E-state index is -0.239. The predicted octanol–water partition coefficient (Wildman–Crippen LogP) is 3.45. The molecule has 4 rings (SSSR count). The smallest absolute Gasteiger partial charge is 0.205 e. The van der Waals surface area contributed by atoms with Crippen LogP contribution in [0.3, 0.4) is 0 Å². The molecular weight excluding hydrogens is 286 g/mol. The summed E-state index contributed by atoms with van der Waals surface area (Å²) in [6.07, 6.45) is 3.44. The summed E-state index contributed by atoms with van der Waals surface area (Å²) in [6, 6.07) is 18.0. The molecule has 0 spiro atoms. The lowest BCUT2D eigenvalue weighted by molar-refractivity contribution is 0.398. The summed E-state index contributed by atoms with van der Waals surface area (Å²) < 4.78 is 5.82. The number of nitrogens with zero attached hydrogens (tertiary/aromatic N) is 2. The SMILES string of the molecule is N#CC1=C(N)Oc2c(ccc3ccccc23)[C@@H]1c1ccncc1. The summed E-state index contributed by atoms with van der Waals surface area (Å²) in [5.41, 5.74) is 8.39. The van der Waals surface area contributed by atoms with Gasteiger partial charge >= 0.3 is 0 Å². The highest BCUT2D eigenvalue weighted by molar-refractivity contribution is 5.90. The maximum atomic E-state index is 9.55. The maximum Gasteiger partial charge on any atom is 0.205 e. The third-order valence-electron chi connectivity index (χ3n) is 4.15. The van der Waals surface area contributed by atoms with Crippen molar-refractivity contribution in [2.24, 2.45) is 5.73 Å². The first-order valence-electron chi connectivity index (χ1n) is 7.29. The fraction of sp³-hybridized carbons (Fsp3) is 0.0526. The molecule has 1 atom stereocenters. The first-order chi connectivity index (χ1) is 11.3. The van der Waals surface area contributed by atoms with Crippen molar-refractivity contribution >= 4 is 10.8 Å². The molecule has 0 saturated heterocycles. The van der Waals surface area contributed by atoms with Gasteiger partial charge in [-0.1, -0.05) is 36.4 Å². The van der Waals surface area contributed by atoms with Gasteiger partial charge in [0, 0.05) is 23.3 Å². The summed E-state index contributed by atoms with van der Waals surface area (Å²) in [5, 5.41) is 11.6. The highest BCUT2D eigenvalue weighted by atomic mass is 16.5. The van der Waals surface area contributed by atoms with E-state index in [-0.39, 0.29) is 11.8 Å². The van der Waals surface area contributed by atoms with Crippen molar-refractivity contribution in [1.29, 1.82) is 5.26 Å². The Kier molecular flexibility index (Phi) is 2.99. The van der Waals surface area contributed by atoms with Gasteiger partial charge in [-0.05, 0) is 23.1 Å². The standard InChI is InChI=1S/C19H13N3O/c20-11-16-17(13-7-9-22-10-8-13)15-6-5-12-3-1-2-4-14(12)18(15)23-19(16)21/h1-10,17H,21H2/t17-/m0/s1. The number of allylic oxidation sites excluding steroid dienone is 1. The molecule has 0 aliphatic carbocycles. The Morgan fingerprint density at radius 2 is 1.83 bits per heavy atom. The zero-order valence-corrected chi connectivity index (χ0v) is 12.2. The Morgan fingerprint density at radius 3 is 2.61 bits per heavy atom. The molecule has 2 N–H and O–H groups in total. The molecule has 0 unspecified atom stereocenters. The van der Waals surface area contributed by atoms with Gasteiger partial charge in [0.25, 0.3) is 0 Å². The predicted molar refractivity (Wildman–Crippen MR) is 87.5 cm³/mol. The monoisotopic (exact) mass is 299 g/mol. The van der Waals surface area contributed by atoms with Crippen molar-refractivity contribution in [3.8, 4) is 11.8 Å². The molecule has 0 amide bonds. The topological polar surface area (TPSA) is 71.9 Å². The zero-order valence-electron chi connectivity index (χ0n) is 12.2. The van der Waals surface area contributed by atoms with Crippen LogP contribution in [0.2, 0.25) is 0 Å². The number of nitrogens with two attached hydrogens (primary N) is 1. The lowest BCUT2D eigenvalue weighted by atomic mass is 9.83. The number of pyridine rings is 1. The van der Waals surface area contributed by atoms with Crippen LogP contribution in [-0.2, 0) is 0 Å². The number of fused-ring (bicyclic) bond motifs is 3. The molecule has 3 aromatic rings. The minimum absolute atomic E-state index is 0.165. The number of rotatable bonds is 1. The van der Waals surface area contributed by atoms with Gasteiger partial charge in [-0.3, -0.25) is 4.98 Å². The Bertz CT molecular complexity index is 971. The van der Waals surface area contributed by atoms with E-state index in [1.165, 1.54) is 0 Å². The second-order valence-electron chi connectivity index (χ2n) is 5.41. The van der Waals surface area contributed by atoms with Gasteiger partial charge in [0.05, 0.1) is 5.92 Å². The summed E-state index contributed by atoms with van der Waals surface area (Å²) >= 11 is 0. The second-order valence-corrected chi connectivity index (χ2v) is 5.41. The largest absolute Gasteiger partial charge is 0.440 e. The van der Waals surface area contributed by atoms with Crippen LogP contribution in [0, 0.1) is 11.3 Å². The van der Waals surface area contributed by atoms with Gasteiger partial charge in [-0.25, -0.2) is 0 Å². The first kappa shape index (κ1) is 13.4. The number of ether oxygens (including phenoxy) is 1. The molecule has 2 heterocycles. The number of aromatic nitrogens is 1. The van der Waals surface area contributed by atoms with Crippen molar-refractivity contribution < 1.29 is 4.74 Å². The quantitative estimate of drug-likeness (QED) is 0.747. The summed E-state index contributed by atoms with van der Waals surface area (Å²) in [6.45, 7) is 0. The molecule has 1 aliphatic heterocycles. The number of nitriles is 1. The van der Waals surface area contributed by atoms with Crippen LogP contribution < -0.4 is 10.5 Å². The molecule has 2 aromatic carbocycles. The van der Waals surface area contributed by atoms with E-state index in [2.05, 4.69) is 11.1 Å². The third kappa shape index (κ3) is 2.02. The summed E-state index contributed by atoms with van der Waals surface area (Å²) in [5.74, 6) is 0.649. The molecule has 23 heavy (non-hydrogen) atoms. The number of hydrogen-bond donors (Lipinski definition) is 1. The Hall–Kier alpha value is -3.32. The Balaban J connectivity index is 2.03. The molecular formula is C19H13N3O. The van der Waals surface area contributed by atoms with Gasteiger partial charge in [0.15, 0.2) is 0 Å². The van der Waals surface area contributed by atoms with Gasteiger partial charge in [0.1, 0.15) is 17.4 Å². The van der Waals surface area contributed by atoms with Gasteiger partial charge in [-0.2, -0.15) is 5.26 Å². The van der Waals surface area contributed by atoms with E-state index in [1.807, 2.05) is 48.5 Å². The van der Waals surface area contributed by atoms with Crippen LogP contribution in [-0.4, -0.2) is 4.98 Å². The minimum Gasteiger partial charge on any atom is -0.440 e. The number of benzene rings is 2. The van der Waals surface area contributed by atoms with Gasteiger partial charge in [-0.15, -0.1) is 0 Å². The van der Waals surface area contributed by atoms with Crippen LogP contribution in [0.5, 0.6) is 5.75 Å². The fourth-order valence-electron chi connectivity index (χ4n) is 3.09. The average Bonchev–Trinajstić information content (AvgIpc) is 2.61. The molecule has 4 nitrogen and oxygen atoms in total. The van der Waals surface area contributed by atoms with Gasteiger partial charge < -0.3 is 10.5 Å². The van der Waals surface area contributed by atoms with Crippen LogP contribution in [0.4, 0.5) is 0 Å². The highest BCUT2D eigenvalue weighted by Gasteiger charge is 2.31. The highest BCUT2D eigenvalue weighted by Crippen LogP contribution is 2.44. The Labute approximate surface area is 133 Å². The van der Waals surface area contributed by atoms with E-state index in [1.54, 1.807) is 12.4 Å². The normalized spacial score (nSPS) is 16.6. The average molecular weight is 299 g/mol. The van der Waals surface area contributed by atoms with Crippen molar-refractivity contribution in [2.45, 2.75) is 5.92 Å². The molecule has 4 heteroatoms. The fourth-order valence-corrected chi connectivity index (χ4v) is 3.09. The van der Waals surface area contributed by atoms with Gasteiger partial charge in [0.2, 0.25) is 5.88 Å². The van der Waals surface area contributed by atoms with Crippen LogP contribution in [0.25, 0.3) is 10.8 Å². The summed E-state index contributed by atoms with van der Waals surface area (Å²) in [7, 11) is 0. The van der Waals surface area contributed by atoms with Crippen molar-refractivity contribution in [1.82, 2.24) is 4.98 Å². The van der Waals surface area contributed by atoms with Crippen molar-refractivity contribution in [3.63, 3.8) is 0 Å². The van der Waals surface area contributed by atoms with E-state index in [0.717, 1.165) is 27.6 Å². The zero-order chi connectivity index (χ0) is 15.8. The molecule has 0 fully saturated rings. The van der Waals surface area contributed by atoms with E-state index in [9.17, 15) is 5.26 Å². The summed E-state index contributed by atoms with van der Waals surface area (Å²) in [4.78, 5) is 4.05. The number of hydrogen-bond acceptors (Lipinski definition) is 4. The maximum absolute atomic E-state index is 9.55. The van der Waals surface area contributed by atoms with Crippen LogP contribution in [0.1, 0.15) is 17.0 Å². The molecule has 1 aliphatic rings. The lowest BCUT2D eigenvalue weighted by Gasteiger charge is -2.27. The second kappa shape index (κ2) is 5.15. The van der Waals surface area contributed by atoms with Crippen molar-refractivity contribution in [3.05, 3.63) is 83.5 Å². The van der Waals surface area contributed by atoms with E-state index in [0.29, 0.717) is 5.57 Å². The molecule has 0 saturated carbocycles. The molecule has 0 bridgehead atoms. The van der Waals surface area contributed by atoms with Crippen molar-refractivity contribution in [2.75, 3.05) is 0 Å². The van der Waals surface area contributed by atoms with E-state index < -0.39 is 0 Å². The van der Waals surface area contributed by atoms with E-state index in [4.69, 9.17) is 10.5 Å². The third-order valence-corrected chi connectivity index (χ3v) is 4.15. The molecule has 1 aromatic heterocycles.